The van der Waals surface area contributed by atoms with Gasteiger partial charge in [-0.25, -0.2) is 4.98 Å². The summed E-state index contributed by atoms with van der Waals surface area (Å²) in [7, 11) is 0. The van der Waals surface area contributed by atoms with E-state index in [-0.39, 0.29) is 24.4 Å². The number of pyridine rings is 1. The molecule has 0 spiro atoms. The molecule has 3 aromatic heterocycles. The van der Waals surface area contributed by atoms with Gasteiger partial charge in [0, 0.05) is 40.8 Å². The molecule has 4 rings (SSSR count). The van der Waals surface area contributed by atoms with Crippen molar-refractivity contribution in [2.75, 3.05) is 6.54 Å². The molecule has 1 amide bonds. The van der Waals surface area contributed by atoms with Crippen molar-refractivity contribution >= 4 is 40.7 Å². The number of aromatic amines is 1. The van der Waals surface area contributed by atoms with E-state index < -0.39 is 0 Å². The van der Waals surface area contributed by atoms with Gasteiger partial charge in [-0.1, -0.05) is 32.1 Å². The van der Waals surface area contributed by atoms with Gasteiger partial charge in [-0.15, -0.1) is 23.7 Å². The summed E-state index contributed by atoms with van der Waals surface area (Å²) < 4.78 is 0. The largest absolute Gasteiger partial charge is 0.347 e. The Hall–Kier alpha value is -1.89. The summed E-state index contributed by atoms with van der Waals surface area (Å²) in [4.78, 5) is 22.0. The number of nitrogens with one attached hydrogen (secondary N) is 2. The molecule has 28 heavy (non-hydrogen) atoms. The third-order valence-corrected chi connectivity index (χ3v) is 6.64. The summed E-state index contributed by atoms with van der Waals surface area (Å²) in [6.45, 7) is 0.495. The summed E-state index contributed by atoms with van der Waals surface area (Å²) in [5.41, 5.74) is 7.90. The van der Waals surface area contributed by atoms with Crippen molar-refractivity contribution < 1.29 is 4.79 Å². The number of thiophene rings is 1. The molecular formula is C21H27ClN4OS. The lowest BCUT2D eigenvalue weighted by atomic mass is 9.85. The molecule has 1 fully saturated rings. The number of aromatic nitrogens is 2. The predicted molar refractivity (Wildman–Crippen MR) is 118 cm³/mol. The molecule has 4 N–H and O–H groups in total. The van der Waals surface area contributed by atoms with Gasteiger partial charge >= 0.3 is 0 Å². The van der Waals surface area contributed by atoms with Crippen molar-refractivity contribution in [1.29, 1.82) is 0 Å². The Morgan fingerprint density at radius 2 is 2.07 bits per heavy atom. The first-order valence-corrected chi connectivity index (χ1v) is 10.6. The molecular weight excluding hydrogens is 392 g/mol. The minimum Gasteiger partial charge on any atom is -0.347 e. The average Bonchev–Trinajstić information content (AvgIpc) is 3.37. The highest BCUT2D eigenvalue weighted by Gasteiger charge is 2.21. The zero-order valence-corrected chi connectivity index (χ0v) is 17.5. The van der Waals surface area contributed by atoms with Gasteiger partial charge < -0.3 is 16.0 Å². The fourth-order valence-corrected chi connectivity index (χ4v) is 5.02. The van der Waals surface area contributed by atoms with Crippen LogP contribution in [0.1, 0.15) is 48.2 Å². The Bertz CT molecular complexity index is 916. The third kappa shape index (κ3) is 4.57. The molecule has 0 bridgehead atoms. The molecule has 150 valence electrons. The first-order valence-electron chi connectivity index (χ1n) is 9.78. The first-order chi connectivity index (χ1) is 13.2. The van der Waals surface area contributed by atoms with Crippen molar-refractivity contribution in [1.82, 2.24) is 15.3 Å². The minimum absolute atomic E-state index is 0. The number of carbonyl (C=O) groups excluding carboxylic acids is 1. The molecule has 7 heteroatoms. The van der Waals surface area contributed by atoms with E-state index in [4.69, 9.17) is 5.73 Å². The fourth-order valence-electron chi connectivity index (χ4n) is 4.08. The van der Waals surface area contributed by atoms with Gasteiger partial charge in [-0.3, -0.25) is 4.79 Å². The van der Waals surface area contributed by atoms with E-state index in [1.54, 1.807) is 6.20 Å². The van der Waals surface area contributed by atoms with Crippen LogP contribution < -0.4 is 11.1 Å². The second-order valence-corrected chi connectivity index (χ2v) is 8.49. The second-order valence-electron chi connectivity index (χ2n) is 7.41. The summed E-state index contributed by atoms with van der Waals surface area (Å²) in [5, 5.41) is 4.23. The maximum absolute atomic E-state index is 12.7. The van der Waals surface area contributed by atoms with Gasteiger partial charge in [0.2, 0.25) is 0 Å². The molecule has 3 aromatic rings. The number of amides is 1. The average molecular weight is 419 g/mol. The molecule has 0 aliphatic heterocycles. The van der Waals surface area contributed by atoms with Crippen molar-refractivity contribution in [3.8, 4) is 10.4 Å². The third-order valence-electron chi connectivity index (χ3n) is 5.52. The van der Waals surface area contributed by atoms with E-state index in [2.05, 4.69) is 15.3 Å². The zero-order valence-electron chi connectivity index (χ0n) is 15.8. The SMILES string of the molecule is Cl.NC[C@H](CC1CCCCC1)NC(=O)c1ccc(-c2ccnc3[nH]ccc23)s1. The Balaban J connectivity index is 0.00000225. The summed E-state index contributed by atoms with van der Waals surface area (Å²) in [6.07, 6.45) is 11.2. The highest BCUT2D eigenvalue weighted by Crippen LogP contribution is 2.33. The van der Waals surface area contributed by atoms with Crippen LogP contribution >= 0.6 is 23.7 Å². The lowest BCUT2D eigenvalue weighted by molar-refractivity contribution is 0.0934. The fraction of sp³-hybridized carbons (Fsp3) is 0.429. The minimum atomic E-state index is -0.0168. The lowest BCUT2D eigenvalue weighted by Crippen LogP contribution is -2.41. The number of H-pyrrole nitrogens is 1. The molecule has 1 atom stereocenters. The Morgan fingerprint density at radius 3 is 2.86 bits per heavy atom. The van der Waals surface area contributed by atoms with Crippen LogP contribution in [0.15, 0.2) is 36.7 Å². The second kappa shape index (κ2) is 9.54. The summed E-state index contributed by atoms with van der Waals surface area (Å²) >= 11 is 1.52. The molecule has 1 aliphatic rings. The maximum atomic E-state index is 12.7. The van der Waals surface area contributed by atoms with Crippen LogP contribution in [0.4, 0.5) is 0 Å². The number of carbonyl (C=O) groups is 1. The number of hydrogen-bond acceptors (Lipinski definition) is 4. The number of nitrogens with zero attached hydrogens (tertiary/aromatic N) is 1. The van der Waals surface area contributed by atoms with Crippen LogP contribution in [0.3, 0.4) is 0 Å². The summed E-state index contributed by atoms with van der Waals surface area (Å²) in [6, 6.07) is 7.99. The van der Waals surface area contributed by atoms with Gasteiger partial charge in [-0.05, 0) is 36.6 Å². The van der Waals surface area contributed by atoms with Crippen molar-refractivity contribution in [2.24, 2.45) is 11.7 Å². The van der Waals surface area contributed by atoms with Gasteiger partial charge in [0.1, 0.15) is 5.65 Å². The zero-order chi connectivity index (χ0) is 18.6. The molecule has 0 saturated heterocycles. The standard InChI is InChI=1S/C21H26N4OS.ClH/c22-13-15(12-14-4-2-1-3-5-14)25-21(26)19-7-6-18(27-19)16-8-10-23-20-17(16)9-11-24-20;/h6-11,14-15H,1-5,12-13,22H2,(H,23,24)(H,25,26);1H/t15-;/m0./s1. The monoisotopic (exact) mass is 418 g/mol. The number of hydrogen-bond donors (Lipinski definition) is 3. The van der Waals surface area contributed by atoms with Crippen molar-refractivity contribution in [3.63, 3.8) is 0 Å². The predicted octanol–water partition coefficient (Wildman–Crippen LogP) is 4.74. The normalized spacial score (nSPS) is 15.9. The van der Waals surface area contributed by atoms with Crippen molar-refractivity contribution in [2.45, 2.75) is 44.6 Å². The number of nitrogens with two attached hydrogens (primary N) is 1. The highest BCUT2D eigenvalue weighted by atomic mass is 35.5. The maximum Gasteiger partial charge on any atom is 0.261 e. The molecule has 3 heterocycles. The Morgan fingerprint density at radius 1 is 1.25 bits per heavy atom. The number of fused-ring (bicyclic) bond motifs is 1. The van der Waals surface area contributed by atoms with Crippen LogP contribution in [0.25, 0.3) is 21.5 Å². The Labute approximate surface area is 175 Å². The van der Waals surface area contributed by atoms with Gasteiger partial charge in [0.15, 0.2) is 0 Å². The molecule has 0 radical (unpaired) electrons. The smallest absolute Gasteiger partial charge is 0.261 e. The van der Waals surface area contributed by atoms with Crippen LogP contribution in [0.5, 0.6) is 0 Å². The molecule has 0 aromatic carbocycles. The topological polar surface area (TPSA) is 83.8 Å². The van der Waals surface area contributed by atoms with E-state index in [1.807, 2.05) is 30.5 Å². The first kappa shape index (κ1) is 20.8. The van der Waals surface area contributed by atoms with Crippen LogP contribution in [-0.2, 0) is 0 Å². The highest BCUT2D eigenvalue weighted by molar-refractivity contribution is 7.17. The van der Waals surface area contributed by atoms with E-state index in [9.17, 15) is 4.79 Å². The molecule has 1 saturated carbocycles. The van der Waals surface area contributed by atoms with Crippen molar-refractivity contribution in [3.05, 3.63) is 41.5 Å². The van der Waals surface area contributed by atoms with Crippen LogP contribution in [0.2, 0.25) is 0 Å². The number of halogens is 1. The Kier molecular flexibility index (Phi) is 7.10. The van der Waals surface area contributed by atoms with E-state index in [0.717, 1.165) is 32.8 Å². The van der Waals surface area contributed by atoms with Gasteiger partial charge in [0.25, 0.3) is 5.91 Å². The number of rotatable bonds is 6. The molecule has 0 unspecified atom stereocenters. The van der Waals surface area contributed by atoms with E-state index in [0.29, 0.717) is 12.5 Å². The van der Waals surface area contributed by atoms with E-state index in [1.165, 1.54) is 43.4 Å². The van der Waals surface area contributed by atoms with Crippen LogP contribution in [-0.4, -0.2) is 28.5 Å². The molecule has 1 aliphatic carbocycles. The molecule has 5 nitrogen and oxygen atoms in total. The lowest BCUT2D eigenvalue weighted by Gasteiger charge is -2.26. The summed E-state index contributed by atoms with van der Waals surface area (Å²) in [5.74, 6) is 0.682. The van der Waals surface area contributed by atoms with Gasteiger partial charge in [0.05, 0.1) is 4.88 Å². The quantitative estimate of drug-likeness (QED) is 0.540. The van der Waals surface area contributed by atoms with Crippen LogP contribution in [0, 0.1) is 5.92 Å². The van der Waals surface area contributed by atoms with E-state index >= 15 is 0 Å². The van der Waals surface area contributed by atoms with Gasteiger partial charge in [-0.2, -0.15) is 0 Å².